The highest BCUT2D eigenvalue weighted by atomic mass is 16.5. The quantitative estimate of drug-likeness (QED) is 0.853. The lowest BCUT2D eigenvalue weighted by Gasteiger charge is -2.02. The molecule has 0 bridgehead atoms. The van der Waals surface area contributed by atoms with Crippen LogP contribution >= 0.6 is 0 Å². The monoisotopic (exact) mass is 275 g/mol. The molecule has 2 N–H and O–H groups in total. The number of nitrogens with zero attached hydrogens (tertiary/aromatic N) is 3. The Morgan fingerprint density at radius 2 is 2.25 bits per heavy atom. The van der Waals surface area contributed by atoms with E-state index in [-0.39, 0.29) is 5.91 Å². The number of hydrogen-bond acceptors (Lipinski definition) is 5. The van der Waals surface area contributed by atoms with Crippen molar-refractivity contribution in [3.05, 3.63) is 28.7 Å². The molecule has 1 amide bonds. The fourth-order valence-corrected chi connectivity index (χ4v) is 2.07. The molecule has 0 aliphatic heterocycles. The van der Waals surface area contributed by atoms with Gasteiger partial charge < -0.3 is 9.84 Å². The largest absolute Gasteiger partial charge is 0.348 e. The molecule has 1 aliphatic carbocycles. The molecule has 7 nitrogen and oxygen atoms in total. The van der Waals surface area contributed by atoms with E-state index in [0.29, 0.717) is 30.6 Å². The van der Waals surface area contributed by atoms with Crippen LogP contribution in [-0.2, 0) is 17.8 Å². The lowest BCUT2D eigenvalue weighted by molar-refractivity contribution is -0.120. The predicted octanol–water partition coefficient (Wildman–Crippen LogP) is 1.15. The van der Waals surface area contributed by atoms with E-state index in [0.717, 1.165) is 29.8 Å². The summed E-state index contributed by atoms with van der Waals surface area (Å²) in [7, 11) is 0. The first-order valence-corrected chi connectivity index (χ1v) is 6.73. The normalized spacial score (nSPS) is 14.5. The number of rotatable bonds is 5. The van der Waals surface area contributed by atoms with Gasteiger partial charge in [0.1, 0.15) is 0 Å². The molecule has 106 valence electrons. The molecule has 0 spiro atoms. The summed E-state index contributed by atoms with van der Waals surface area (Å²) in [6.07, 6.45) is 2.54. The van der Waals surface area contributed by atoms with Crippen molar-refractivity contribution in [2.75, 3.05) is 0 Å². The number of carbonyl (C=O) groups excluding carboxylic acids is 1. The van der Waals surface area contributed by atoms with Crippen LogP contribution in [-0.4, -0.2) is 26.2 Å². The molecule has 1 aliphatic rings. The van der Waals surface area contributed by atoms with Crippen molar-refractivity contribution in [3.63, 3.8) is 0 Å². The van der Waals surface area contributed by atoms with Crippen molar-refractivity contribution in [1.82, 2.24) is 25.7 Å². The summed E-state index contributed by atoms with van der Waals surface area (Å²) in [6.45, 7) is 4.09. The summed E-state index contributed by atoms with van der Waals surface area (Å²) < 4.78 is 5.14. The minimum Gasteiger partial charge on any atom is -0.348 e. The van der Waals surface area contributed by atoms with Gasteiger partial charge in [-0.3, -0.25) is 9.89 Å². The molecule has 20 heavy (non-hydrogen) atoms. The summed E-state index contributed by atoms with van der Waals surface area (Å²) in [5.74, 6) is 1.58. The molecule has 1 fully saturated rings. The first kappa shape index (κ1) is 12.8. The minimum atomic E-state index is -0.0737. The van der Waals surface area contributed by atoms with E-state index in [2.05, 4.69) is 25.7 Å². The summed E-state index contributed by atoms with van der Waals surface area (Å²) in [6, 6.07) is 0. The SMILES string of the molecule is Cc1n[nH]c(C)c1CC(=O)NCc1noc(C2CC2)n1. The highest BCUT2D eigenvalue weighted by molar-refractivity contribution is 5.78. The predicted molar refractivity (Wildman–Crippen MR) is 69.9 cm³/mol. The molecule has 0 unspecified atom stereocenters. The fourth-order valence-electron chi connectivity index (χ4n) is 2.07. The first-order valence-electron chi connectivity index (χ1n) is 6.73. The second-order valence-electron chi connectivity index (χ2n) is 5.19. The first-order chi connectivity index (χ1) is 9.63. The van der Waals surface area contributed by atoms with Gasteiger partial charge in [-0.05, 0) is 26.7 Å². The number of carbonyl (C=O) groups is 1. The molecular formula is C13H17N5O2. The zero-order chi connectivity index (χ0) is 14.1. The molecule has 0 saturated heterocycles. The maximum atomic E-state index is 11.9. The number of hydrogen-bond donors (Lipinski definition) is 2. The van der Waals surface area contributed by atoms with Gasteiger partial charge in [-0.15, -0.1) is 0 Å². The van der Waals surface area contributed by atoms with Gasteiger partial charge in [-0.2, -0.15) is 10.1 Å². The molecule has 2 aromatic heterocycles. The van der Waals surface area contributed by atoms with Crippen LogP contribution in [0.15, 0.2) is 4.52 Å². The van der Waals surface area contributed by atoms with Crippen LogP contribution < -0.4 is 5.32 Å². The standard InChI is InChI=1S/C13H17N5O2/c1-7-10(8(2)17-16-7)5-12(19)14-6-11-15-13(20-18-11)9-3-4-9/h9H,3-6H2,1-2H3,(H,14,19)(H,16,17). The topological polar surface area (TPSA) is 96.7 Å². The van der Waals surface area contributed by atoms with Crippen molar-refractivity contribution in [2.24, 2.45) is 0 Å². The van der Waals surface area contributed by atoms with Gasteiger partial charge in [0.05, 0.1) is 18.7 Å². The van der Waals surface area contributed by atoms with Gasteiger partial charge in [0, 0.05) is 17.2 Å². The number of aryl methyl sites for hydroxylation is 2. The van der Waals surface area contributed by atoms with Crippen LogP contribution in [0, 0.1) is 13.8 Å². The van der Waals surface area contributed by atoms with E-state index in [9.17, 15) is 4.79 Å². The van der Waals surface area contributed by atoms with E-state index < -0.39 is 0 Å². The van der Waals surface area contributed by atoms with E-state index in [1.165, 1.54) is 0 Å². The van der Waals surface area contributed by atoms with Gasteiger partial charge in [0.25, 0.3) is 0 Å². The fraction of sp³-hybridized carbons (Fsp3) is 0.538. The Morgan fingerprint density at radius 1 is 1.45 bits per heavy atom. The molecule has 7 heteroatoms. The Kier molecular flexibility index (Phi) is 3.25. The average Bonchev–Trinajstić information content (AvgIpc) is 3.10. The summed E-state index contributed by atoms with van der Waals surface area (Å²) >= 11 is 0. The van der Waals surface area contributed by atoms with Crippen molar-refractivity contribution in [2.45, 2.75) is 45.6 Å². The highest BCUT2D eigenvalue weighted by Crippen LogP contribution is 2.38. The Bertz CT molecular complexity index is 607. The maximum Gasteiger partial charge on any atom is 0.229 e. The van der Waals surface area contributed by atoms with Crippen molar-refractivity contribution < 1.29 is 9.32 Å². The number of H-pyrrole nitrogens is 1. The van der Waals surface area contributed by atoms with E-state index in [1.54, 1.807) is 0 Å². The number of nitrogens with one attached hydrogen (secondary N) is 2. The Hall–Kier alpha value is -2.18. The molecule has 0 radical (unpaired) electrons. The second kappa shape index (κ2) is 5.07. The van der Waals surface area contributed by atoms with Gasteiger partial charge >= 0.3 is 0 Å². The Balaban J connectivity index is 1.53. The lowest BCUT2D eigenvalue weighted by atomic mass is 10.1. The van der Waals surface area contributed by atoms with Crippen LogP contribution in [0.5, 0.6) is 0 Å². The van der Waals surface area contributed by atoms with Gasteiger partial charge in [-0.25, -0.2) is 0 Å². The van der Waals surface area contributed by atoms with E-state index in [1.807, 2.05) is 13.8 Å². The third-order valence-electron chi connectivity index (χ3n) is 3.47. The molecular weight excluding hydrogens is 258 g/mol. The maximum absolute atomic E-state index is 11.9. The average molecular weight is 275 g/mol. The van der Waals surface area contributed by atoms with Crippen LogP contribution in [0.3, 0.4) is 0 Å². The van der Waals surface area contributed by atoms with Gasteiger partial charge in [-0.1, -0.05) is 5.16 Å². The minimum absolute atomic E-state index is 0.0737. The lowest BCUT2D eigenvalue weighted by Crippen LogP contribution is -2.25. The summed E-state index contributed by atoms with van der Waals surface area (Å²) in [5.41, 5.74) is 2.72. The molecule has 0 aromatic carbocycles. The van der Waals surface area contributed by atoms with Crippen LogP contribution in [0.1, 0.15) is 47.4 Å². The molecule has 2 heterocycles. The molecule has 0 atom stereocenters. The number of aromatic nitrogens is 4. The molecule has 1 saturated carbocycles. The Labute approximate surface area is 116 Å². The molecule has 2 aromatic rings. The third kappa shape index (κ3) is 2.71. The zero-order valence-electron chi connectivity index (χ0n) is 11.6. The van der Waals surface area contributed by atoms with E-state index in [4.69, 9.17) is 4.52 Å². The highest BCUT2D eigenvalue weighted by Gasteiger charge is 2.29. The van der Waals surface area contributed by atoms with Crippen molar-refractivity contribution in [1.29, 1.82) is 0 Å². The Morgan fingerprint density at radius 3 is 2.90 bits per heavy atom. The van der Waals surface area contributed by atoms with E-state index >= 15 is 0 Å². The third-order valence-corrected chi connectivity index (χ3v) is 3.47. The number of amides is 1. The van der Waals surface area contributed by atoms with Crippen molar-refractivity contribution in [3.8, 4) is 0 Å². The van der Waals surface area contributed by atoms with Crippen LogP contribution in [0.4, 0.5) is 0 Å². The number of aromatic amines is 1. The second-order valence-corrected chi connectivity index (χ2v) is 5.19. The smallest absolute Gasteiger partial charge is 0.229 e. The van der Waals surface area contributed by atoms with Gasteiger partial charge in [0.2, 0.25) is 11.8 Å². The summed E-state index contributed by atoms with van der Waals surface area (Å²) in [4.78, 5) is 16.2. The van der Waals surface area contributed by atoms with Crippen LogP contribution in [0.2, 0.25) is 0 Å². The van der Waals surface area contributed by atoms with Crippen molar-refractivity contribution >= 4 is 5.91 Å². The summed E-state index contributed by atoms with van der Waals surface area (Å²) in [5, 5.41) is 13.6. The zero-order valence-corrected chi connectivity index (χ0v) is 11.6. The van der Waals surface area contributed by atoms with Gasteiger partial charge in [0.15, 0.2) is 5.82 Å². The van der Waals surface area contributed by atoms with Crippen LogP contribution in [0.25, 0.3) is 0 Å². The molecule has 3 rings (SSSR count).